The highest BCUT2D eigenvalue weighted by atomic mass is 32.1. The molecule has 144 valence electrons. The number of aromatic amines is 2. The first-order valence-corrected chi connectivity index (χ1v) is 9.38. The number of nitrogens with zero attached hydrogens (tertiary/aromatic N) is 3. The highest BCUT2D eigenvalue weighted by Crippen LogP contribution is 2.42. The Morgan fingerprint density at radius 3 is 1.54 bits per heavy atom. The Morgan fingerprint density at radius 1 is 0.750 bits per heavy atom. The molecular weight excluding hydrogens is 438 g/mol. The lowest BCUT2D eigenvalue weighted by atomic mass is 10.2. The summed E-state index contributed by atoms with van der Waals surface area (Å²) in [6, 6.07) is 0. The number of nitrogen functional groups attached to an aromatic ring is 2. The van der Waals surface area contributed by atoms with Crippen molar-refractivity contribution >= 4 is 61.9 Å². The van der Waals surface area contributed by atoms with Gasteiger partial charge in [-0.2, -0.15) is 0 Å². The van der Waals surface area contributed by atoms with Crippen LogP contribution in [0.2, 0.25) is 0 Å². The fourth-order valence-electron chi connectivity index (χ4n) is 2.39. The molecule has 0 saturated heterocycles. The third-order valence-corrected chi connectivity index (χ3v) is 5.77. The van der Waals surface area contributed by atoms with Gasteiger partial charge in [0.15, 0.2) is 0 Å². The zero-order chi connectivity index (χ0) is 20.0. The molecule has 0 bridgehead atoms. The van der Waals surface area contributed by atoms with E-state index in [2.05, 4.69) is 75.4 Å². The van der Waals surface area contributed by atoms with Gasteiger partial charge in [0.2, 0.25) is 23.5 Å². The van der Waals surface area contributed by atoms with Crippen LogP contribution in [0.3, 0.4) is 0 Å². The van der Waals surface area contributed by atoms with Gasteiger partial charge >= 0.3 is 0 Å². The van der Waals surface area contributed by atoms with Crippen LogP contribution in [0.15, 0.2) is 38.6 Å². The minimum atomic E-state index is 0.216. The van der Waals surface area contributed by atoms with Gasteiger partial charge in [0, 0.05) is 12.4 Å². The van der Waals surface area contributed by atoms with Gasteiger partial charge in [0.05, 0.1) is 31.0 Å². The summed E-state index contributed by atoms with van der Waals surface area (Å²) in [5.41, 5.74) is 13.6. The van der Waals surface area contributed by atoms with Crippen LogP contribution in [0.5, 0.6) is 23.5 Å². The van der Waals surface area contributed by atoms with E-state index in [1.807, 2.05) is 0 Å². The number of aromatic nitrogens is 5. The van der Waals surface area contributed by atoms with Crippen LogP contribution in [0.25, 0.3) is 11.1 Å². The van der Waals surface area contributed by atoms with Crippen LogP contribution in [-0.2, 0) is 0 Å². The van der Waals surface area contributed by atoms with Gasteiger partial charge in [0.1, 0.15) is 17.7 Å². The number of nitrogens with two attached hydrogens (primary N) is 2. The van der Waals surface area contributed by atoms with Crippen molar-refractivity contribution in [2.75, 3.05) is 11.5 Å². The Morgan fingerprint density at radius 2 is 1.18 bits per heavy atom. The van der Waals surface area contributed by atoms with E-state index >= 15 is 0 Å². The van der Waals surface area contributed by atoms with Crippen LogP contribution in [-0.4, -0.2) is 24.9 Å². The summed E-state index contributed by atoms with van der Waals surface area (Å²) < 4.78 is 11.6. The summed E-state index contributed by atoms with van der Waals surface area (Å²) in [6.45, 7) is 0. The predicted octanol–water partition coefficient (Wildman–Crippen LogP) is 3.54. The van der Waals surface area contributed by atoms with E-state index in [0.717, 1.165) is 0 Å². The lowest BCUT2D eigenvalue weighted by Gasteiger charge is -2.06. The molecule has 2 aliphatic heterocycles. The summed E-state index contributed by atoms with van der Waals surface area (Å²) in [5.74, 6) is 0.945. The third kappa shape index (κ3) is 3.19. The van der Waals surface area contributed by atoms with Crippen LogP contribution in [0, 0.1) is 0 Å². The van der Waals surface area contributed by atoms with Gasteiger partial charge in [-0.3, -0.25) is 4.98 Å². The third-order valence-electron chi connectivity index (χ3n) is 3.82. The van der Waals surface area contributed by atoms with E-state index in [4.69, 9.17) is 20.9 Å². The van der Waals surface area contributed by atoms with Crippen molar-refractivity contribution in [3.05, 3.63) is 18.7 Å². The average Bonchev–Trinajstić information content (AvgIpc) is 3.28. The molecule has 9 nitrogen and oxygen atoms in total. The molecule has 13 heteroatoms. The number of thiol groups is 4. The van der Waals surface area contributed by atoms with E-state index in [-0.39, 0.29) is 23.5 Å². The number of hydrogen-bond acceptors (Lipinski definition) is 11. The maximum absolute atomic E-state index is 5.97. The van der Waals surface area contributed by atoms with Crippen LogP contribution in [0.4, 0.5) is 11.4 Å². The van der Waals surface area contributed by atoms with E-state index < -0.39 is 0 Å². The number of nitrogens with one attached hydrogen (secondary N) is 2. The van der Waals surface area contributed by atoms with Crippen LogP contribution in [0.1, 0.15) is 0 Å². The number of rotatable bonds is 4. The largest absolute Gasteiger partial charge is 0.420 e. The molecule has 4 heterocycles. The Bertz CT molecular complexity index is 1070. The van der Waals surface area contributed by atoms with E-state index in [0.29, 0.717) is 42.3 Å². The molecule has 2 aromatic heterocycles. The topological polar surface area (TPSA) is 141 Å². The molecule has 4 rings (SSSR count). The Labute approximate surface area is 180 Å². The Balaban J connectivity index is 1.72. The number of ether oxygens (including phenoxy) is 2. The van der Waals surface area contributed by atoms with Gasteiger partial charge in [-0.05, 0) is 0 Å². The molecule has 0 unspecified atom stereocenters. The first kappa shape index (κ1) is 19.0. The minimum absolute atomic E-state index is 0.216. The van der Waals surface area contributed by atoms with Crippen molar-refractivity contribution in [2.45, 2.75) is 19.8 Å². The summed E-state index contributed by atoms with van der Waals surface area (Å²) in [6.07, 6.45) is 4.43. The average molecular weight is 452 g/mol. The number of fused-ring (bicyclic) bond motifs is 1. The van der Waals surface area contributed by atoms with Crippen LogP contribution >= 0.6 is 50.5 Å². The van der Waals surface area contributed by atoms with E-state index in [9.17, 15) is 0 Å². The lowest BCUT2D eigenvalue weighted by molar-refractivity contribution is 0.449. The molecule has 28 heavy (non-hydrogen) atoms. The molecule has 0 radical (unpaired) electrons. The van der Waals surface area contributed by atoms with Crippen molar-refractivity contribution in [3.8, 4) is 34.6 Å². The Hall–Kier alpha value is -2.35. The molecule has 0 fully saturated rings. The fourth-order valence-corrected chi connectivity index (χ4v) is 3.15. The summed E-state index contributed by atoms with van der Waals surface area (Å²) in [5, 5.41) is 0.949. The second-order valence-corrected chi connectivity index (χ2v) is 7.34. The van der Waals surface area contributed by atoms with Gasteiger partial charge in [-0.15, -0.1) is 50.5 Å². The quantitative estimate of drug-likeness (QED) is 0.222. The molecule has 0 aromatic carbocycles. The van der Waals surface area contributed by atoms with Crippen molar-refractivity contribution in [1.29, 1.82) is 0 Å². The summed E-state index contributed by atoms with van der Waals surface area (Å²) >= 11 is 17.0. The standard InChI is InChI=1S/C15H13N7O2S4/c16-6-8(25)14(27)21-12(6)23-10-4-1-18-2-5(4)11(20-3-19-10)24-13-7(17)9(26)15(28)22-13/h1-3,21-22,25-28H,16-17H2. The van der Waals surface area contributed by atoms with Crippen molar-refractivity contribution in [2.24, 2.45) is 0 Å². The highest BCUT2D eigenvalue weighted by molar-refractivity contribution is 7.84. The molecule has 2 aliphatic rings. The number of anilines is 2. The number of hydrogen-bond donors (Lipinski definition) is 8. The van der Waals surface area contributed by atoms with Gasteiger partial charge in [-0.1, -0.05) is 0 Å². The first-order chi connectivity index (χ1) is 13.4. The lowest BCUT2D eigenvalue weighted by Crippen LogP contribution is -1.93. The maximum atomic E-state index is 5.97. The Kier molecular flexibility index (Phi) is 4.91. The van der Waals surface area contributed by atoms with E-state index in [1.54, 1.807) is 12.4 Å². The smallest absolute Gasteiger partial charge is 0.232 e. The highest BCUT2D eigenvalue weighted by Gasteiger charge is 2.22. The first-order valence-electron chi connectivity index (χ1n) is 7.60. The van der Waals surface area contributed by atoms with Crippen molar-refractivity contribution in [1.82, 2.24) is 24.9 Å². The summed E-state index contributed by atoms with van der Waals surface area (Å²) in [4.78, 5) is 19.3. The molecule has 2 aromatic rings. The molecule has 0 atom stereocenters. The normalized spacial score (nSPS) is 11.1. The maximum Gasteiger partial charge on any atom is 0.232 e. The zero-order valence-electron chi connectivity index (χ0n) is 13.8. The second kappa shape index (κ2) is 7.24. The zero-order valence-corrected chi connectivity index (χ0v) is 17.4. The van der Waals surface area contributed by atoms with Gasteiger partial charge in [0.25, 0.3) is 0 Å². The van der Waals surface area contributed by atoms with Crippen molar-refractivity contribution < 1.29 is 9.47 Å². The monoisotopic (exact) mass is 451 g/mol. The molecule has 0 amide bonds. The van der Waals surface area contributed by atoms with Crippen LogP contribution < -0.4 is 20.9 Å². The SMILES string of the molecule is Nc1c(Oc2ncnc(Oc3[nH]c(S)c(S)c3N)c3cncc2-3)[nH]c(S)c1S. The fraction of sp³-hybridized carbons (Fsp3) is 0. The van der Waals surface area contributed by atoms with Crippen molar-refractivity contribution in [3.63, 3.8) is 0 Å². The number of H-pyrrole nitrogens is 2. The second-order valence-electron chi connectivity index (χ2n) is 5.55. The molecular formula is C15H13N7O2S4. The van der Waals surface area contributed by atoms with E-state index in [1.165, 1.54) is 6.33 Å². The molecule has 0 spiro atoms. The van der Waals surface area contributed by atoms with Gasteiger partial charge in [-0.25, -0.2) is 9.97 Å². The van der Waals surface area contributed by atoms with Gasteiger partial charge < -0.3 is 30.9 Å². The molecule has 0 aliphatic carbocycles. The minimum Gasteiger partial charge on any atom is -0.420 e. The molecule has 6 N–H and O–H groups in total. The predicted molar refractivity (Wildman–Crippen MR) is 116 cm³/mol. The summed E-state index contributed by atoms with van der Waals surface area (Å²) in [7, 11) is 0. The molecule has 0 saturated carbocycles.